The molecular weight excluding hydrogens is 400 g/mol. The molecule has 160 valence electrons. The molecule has 1 N–H and O–H groups in total. The Labute approximate surface area is 181 Å². The number of rotatable bonds is 4. The summed E-state index contributed by atoms with van der Waals surface area (Å²) in [6.07, 6.45) is 0.793. The lowest BCUT2D eigenvalue weighted by molar-refractivity contribution is -0.135. The van der Waals surface area contributed by atoms with E-state index in [1.54, 1.807) is 4.90 Å². The number of anilines is 1. The van der Waals surface area contributed by atoms with Gasteiger partial charge in [-0.05, 0) is 37.0 Å². The fraction of sp³-hybridized carbons (Fsp3) is 0.435. The molecule has 30 heavy (non-hydrogen) atoms. The third kappa shape index (κ3) is 4.73. The topological polar surface area (TPSA) is 75.7 Å². The van der Waals surface area contributed by atoms with Crippen molar-refractivity contribution in [2.24, 2.45) is 5.41 Å². The number of benzene rings is 1. The molecule has 0 saturated carbocycles. The molecule has 0 aliphatic carbocycles. The minimum absolute atomic E-state index is 0.180. The van der Waals surface area contributed by atoms with Crippen LogP contribution in [-0.4, -0.2) is 35.8 Å². The summed E-state index contributed by atoms with van der Waals surface area (Å²) in [4.78, 5) is 40.4. The molecule has 6 nitrogen and oxygen atoms in total. The van der Waals surface area contributed by atoms with Crippen LogP contribution < -0.4 is 5.32 Å². The predicted octanol–water partition coefficient (Wildman–Crippen LogP) is 4.09. The summed E-state index contributed by atoms with van der Waals surface area (Å²) in [5.41, 5.74) is 2.87. The number of aryl methyl sites for hydroxylation is 1. The molecule has 2 heterocycles. The van der Waals surface area contributed by atoms with Crippen LogP contribution in [0.2, 0.25) is 0 Å². The summed E-state index contributed by atoms with van der Waals surface area (Å²) in [5.74, 6) is -0.990. The number of carbonyl (C=O) groups is 3. The summed E-state index contributed by atoms with van der Waals surface area (Å²) in [6, 6.07) is 8.05. The summed E-state index contributed by atoms with van der Waals surface area (Å²) in [5, 5.41) is 3.31. The number of nitrogens with one attached hydrogen (secondary N) is 1. The first kappa shape index (κ1) is 22.0. The minimum atomic E-state index is -0.591. The van der Waals surface area contributed by atoms with E-state index in [9.17, 15) is 14.4 Å². The number of esters is 1. The molecule has 0 radical (unpaired) electrons. The lowest BCUT2D eigenvalue weighted by Gasteiger charge is -2.28. The average molecular weight is 429 g/mol. The molecule has 2 aromatic rings. The Morgan fingerprint density at radius 2 is 1.80 bits per heavy atom. The van der Waals surface area contributed by atoms with Gasteiger partial charge in [-0.2, -0.15) is 0 Å². The summed E-state index contributed by atoms with van der Waals surface area (Å²) in [7, 11) is 0. The predicted molar refractivity (Wildman–Crippen MR) is 118 cm³/mol. The van der Waals surface area contributed by atoms with Gasteiger partial charge < -0.3 is 15.0 Å². The van der Waals surface area contributed by atoms with Crippen LogP contribution in [-0.2, 0) is 27.3 Å². The molecule has 0 fully saturated rings. The smallest absolute Gasteiger partial charge is 0.341 e. The van der Waals surface area contributed by atoms with Crippen LogP contribution in [0, 0.1) is 19.3 Å². The Morgan fingerprint density at radius 3 is 2.47 bits per heavy atom. The van der Waals surface area contributed by atoms with Crippen LogP contribution in [0.4, 0.5) is 5.00 Å². The van der Waals surface area contributed by atoms with E-state index >= 15 is 0 Å². The van der Waals surface area contributed by atoms with E-state index in [0.717, 1.165) is 22.4 Å². The van der Waals surface area contributed by atoms with Crippen molar-refractivity contribution in [1.29, 1.82) is 0 Å². The molecule has 1 aliphatic heterocycles. The van der Waals surface area contributed by atoms with Crippen LogP contribution >= 0.6 is 11.3 Å². The third-order valence-electron chi connectivity index (χ3n) is 5.31. The number of hydrogen-bond donors (Lipinski definition) is 1. The highest BCUT2D eigenvalue weighted by molar-refractivity contribution is 7.16. The van der Waals surface area contributed by atoms with E-state index in [1.165, 1.54) is 16.9 Å². The average Bonchev–Trinajstić information content (AvgIpc) is 2.98. The van der Waals surface area contributed by atoms with Crippen LogP contribution in [0.15, 0.2) is 24.3 Å². The maximum Gasteiger partial charge on any atom is 0.341 e. The van der Waals surface area contributed by atoms with Crippen molar-refractivity contribution in [3.63, 3.8) is 0 Å². The zero-order valence-corrected chi connectivity index (χ0v) is 18.9. The van der Waals surface area contributed by atoms with E-state index < -0.39 is 11.4 Å². The molecule has 3 rings (SSSR count). The summed E-state index contributed by atoms with van der Waals surface area (Å²) in [6.45, 7) is 9.95. The van der Waals surface area contributed by atoms with Gasteiger partial charge in [0.2, 0.25) is 5.91 Å². The number of fused-ring (bicyclic) bond motifs is 1. The molecule has 7 heteroatoms. The van der Waals surface area contributed by atoms with Gasteiger partial charge in [-0.1, -0.05) is 45.0 Å². The standard InChI is InChI=1S/C23H28N2O4S/c1-14-15(2)30-20(24-22(28)23(3,4)5)19(14)21(27)29-13-18(26)25-11-10-16-8-6-7-9-17(16)12-25/h6-9H,10-13H2,1-5H3,(H,24,28). The molecule has 0 saturated heterocycles. The second kappa shape index (κ2) is 8.60. The van der Waals surface area contributed by atoms with Gasteiger partial charge in [-0.15, -0.1) is 11.3 Å². The van der Waals surface area contributed by atoms with E-state index in [-0.39, 0.29) is 18.4 Å². The van der Waals surface area contributed by atoms with Crippen molar-refractivity contribution in [1.82, 2.24) is 4.90 Å². The Bertz CT molecular complexity index is 988. The van der Waals surface area contributed by atoms with E-state index in [1.807, 2.05) is 52.8 Å². The molecular formula is C23H28N2O4S. The van der Waals surface area contributed by atoms with Gasteiger partial charge in [0.25, 0.3) is 5.91 Å². The van der Waals surface area contributed by atoms with Crippen LogP contribution in [0.5, 0.6) is 0 Å². The Hall–Kier alpha value is -2.67. The van der Waals surface area contributed by atoms with Gasteiger partial charge >= 0.3 is 5.97 Å². The normalized spacial score (nSPS) is 13.6. The van der Waals surface area contributed by atoms with Crippen LogP contribution in [0.1, 0.15) is 52.7 Å². The molecule has 1 aromatic heterocycles. The molecule has 0 atom stereocenters. The molecule has 1 aliphatic rings. The number of ether oxygens (including phenoxy) is 1. The Morgan fingerprint density at radius 1 is 1.13 bits per heavy atom. The second-order valence-electron chi connectivity index (χ2n) is 8.60. The first-order valence-electron chi connectivity index (χ1n) is 10.0. The van der Waals surface area contributed by atoms with Crippen molar-refractivity contribution in [3.05, 3.63) is 51.4 Å². The fourth-order valence-corrected chi connectivity index (χ4v) is 4.29. The third-order valence-corrected chi connectivity index (χ3v) is 6.43. The highest BCUT2D eigenvalue weighted by Crippen LogP contribution is 2.34. The van der Waals surface area contributed by atoms with Crippen LogP contribution in [0.25, 0.3) is 0 Å². The SMILES string of the molecule is Cc1sc(NC(=O)C(C)(C)C)c(C(=O)OCC(=O)N2CCc3ccccc3C2)c1C. The van der Waals surface area contributed by atoms with Gasteiger partial charge in [0.15, 0.2) is 6.61 Å². The first-order chi connectivity index (χ1) is 14.1. The van der Waals surface area contributed by atoms with Crippen LogP contribution in [0.3, 0.4) is 0 Å². The zero-order chi connectivity index (χ0) is 22.1. The zero-order valence-electron chi connectivity index (χ0n) is 18.1. The van der Waals surface area contributed by atoms with Crippen molar-refractivity contribution >= 4 is 34.1 Å². The number of nitrogens with zero attached hydrogens (tertiary/aromatic N) is 1. The number of amides is 2. The fourth-order valence-electron chi connectivity index (χ4n) is 3.25. The van der Waals surface area contributed by atoms with Gasteiger partial charge in [-0.3, -0.25) is 9.59 Å². The molecule has 2 amide bonds. The first-order valence-corrected chi connectivity index (χ1v) is 10.8. The van der Waals surface area contributed by atoms with Crippen molar-refractivity contribution in [2.75, 3.05) is 18.5 Å². The van der Waals surface area contributed by atoms with Crippen molar-refractivity contribution in [3.8, 4) is 0 Å². The summed E-state index contributed by atoms with van der Waals surface area (Å²) < 4.78 is 5.36. The van der Waals surface area contributed by atoms with E-state index in [0.29, 0.717) is 23.7 Å². The molecule has 0 bridgehead atoms. The Balaban J connectivity index is 1.66. The summed E-state index contributed by atoms with van der Waals surface area (Å²) >= 11 is 1.34. The van der Waals surface area contributed by atoms with Gasteiger partial charge in [0.1, 0.15) is 5.00 Å². The maximum absolute atomic E-state index is 12.8. The molecule has 0 unspecified atom stereocenters. The van der Waals surface area contributed by atoms with Gasteiger partial charge in [0, 0.05) is 23.4 Å². The largest absolute Gasteiger partial charge is 0.452 e. The van der Waals surface area contributed by atoms with Crippen molar-refractivity contribution in [2.45, 2.75) is 47.6 Å². The van der Waals surface area contributed by atoms with E-state index in [4.69, 9.17) is 4.74 Å². The van der Waals surface area contributed by atoms with Gasteiger partial charge in [0.05, 0.1) is 5.56 Å². The maximum atomic E-state index is 12.8. The lowest BCUT2D eigenvalue weighted by atomic mass is 9.96. The highest BCUT2D eigenvalue weighted by Gasteiger charge is 2.28. The molecule has 1 aromatic carbocycles. The number of hydrogen-bond acceptors (Lipinski definition) is 5. The monoisotopic (exact) mass is 428 g/mol. The van der Waals surface area contributed by atoms with Crippen molar-refractivity contribution < 1.29 is 19.1 Å². The number of carbonyl (C=O) groups excluding carboxylic acids is 3. The van der Waals surface area contributed by atoms with E-state index in [2.05, 4.69) is 11.4 Å². The van der Waals surface area contributed by atoms with Gasteiger partial charge in [-0.25, -0.2) is 4.79 Å². The second-order valence-corrected chi connectivity index (χ2v) is 9.83. The molecule has 0 spiro atoms. The highest BCUT2D eigenvalue weighted by atomic mass is 32.1. The Kier molecular flexibility index (Phi) is 6.31. The number of thiophene rings is 1. The quantitative estimate of drug-likeness (QED) is 0.744. The lowest BCUT2D eigenvalue weighted by Crippen LogP contribution is -2.38. The minimum Gasteiger partial charge on any atom is -0.452 e.